The fraction of sp³-hybridized carbons (Fsp3) is 0.615. The highest BCUT2D eigenvalue weighted by Gasteiger charge is 2.17. The maximum absolute atomic E-state index is 11.6. The summed E-state index contributed by atoms with van der Waals surface area (Å²) in [5, 5.41) is 0. The van der Waals surface area contributed by atoms with Gasteiger partial charge in [0.05, 0.1) is 12.9 Å². The van der Waals surface area contributed by atoms with E-state index in [9.17, 15) is 14.3 Å². The monoisotopic (exact) mass is 359 g/mol. The van der Waals surface area contributed by atoms with E-state index in [4.69, 9.17) is 15.0 Å². The first kappa shape index (κ1) is 18.6. The average molecular weight is 359 g/mol. The molecule has 0 aliphatic carbocycles. The normalized spacial score (nSPS) is 14.1. The summed E-state index contributed by atoms with van der Waals surface area (Å²) < 4.78 is 23.4. The number of unbranched alkanes of at least 4 members (excludes halogenated alkanes) is 2. The molecule has 0 fully saturated rings. The number of aromatic nitrogens is 4. The lowest BCUT2D eigenvalue weighted by Crippen LogP contribution is -2.12. The SMILES string of the molecule is CCOP(=O)(O)CCCCCOCn1cnc2c(=O)[nH]c(N)nc21. The first-order valence-electron chi connectivity index (χ1n) is 7.67. The molecule has 2 rings (SSSR count). The molecule has 0 amide bonds. The summed E-state index contributed by atoms with van der Waals surface area (Å²) in [7, 11) is -3.43. The van der Waals surface area contributed by atoms with E-state index >= 15 is 0 Å². The lowest BCUT2D eigenvalue weighted by atomic mass is 10.3. The number of rotatable bonds is 10. The molecule has 0 aromatic carbocycles. The molecule has 11 heteroatoms. The summed E-state index contributed by atoms with van der Waals surface area (Å²) >= 11 is 0. The van der Waals surface area contributed by atoms with Crippen LogP contribution >= 0.6 is 7.60 Å². The van der Waals surface area contributed by atoms with Crippen LogP contribution < -0.4 is 11.3 Å². The summed E-state index contributed by atoms with van der Waals surface area (Å²) in [6.45, 7) is 2.59. The highest BCUT2D eigenvalue weighted by Crippen LogP contribution is 2.42. The van der Waals surface area contributed by atoms with Gasteiger partial charge < -0.3 is 19.9 Å². The Morgan fingerprint density at radius 3 is 2.96 bits per heavy atom. The molecule has 2 aromatic rings. The Morgan fingerprint density at radius 1 is 1.42 bits per heavy atom. The smallest absolute Gasteiger partial charge is 0.328 e. The van der Waals surface area contributed by atoms with Gasteiger partial charge in [0.1, 0.15) is 6.73 Å². The lowest BCUT2D eigenvalue weighted by molar-refractivity contribution is 0.0762. The summed E-state index contributed by atoms with van der Waals surface area (Å²) in [6.07, 6.45) is 3.72. The van der Waals surface area contributed by atoms with E-state index in [0.29, 0.717) is 18.7 Å². The molecule has 2 aromatic heterocycles. The van der Waals surface area contributed by atoms with Crippen LogP contribution in [-0.4, -0.2) is 43.8 Å². The van der Waals surface area contributed by atoms with Crippen LogP contribution in [0.1, 0.15) is 26.2 Å². The van der Waals surface area contributed by atoms with E-state index in [2.05, 4.69) is 15.0 Å². The molecule has 1 unspecified atom stereocenters. The van der Waals surface area contributed by atoms with Crippen molar-refractivity contribution in [2.75, 3.05) is 25.1 Å². The van der Waals surface area contributed by atoms with Gasteiger partial charge in [-0.3, -0.25) is 18.9 Å². The second-order valence-corrected chi connectivity index (χ2v) is 7.19. The van der Waals surface area contributed by atoms with Crippen molar-refractivity contribution in [1.29, 1.82) is 0 Å². The lowest BCUT2D eigenvalue weighted by Gasteiger charge is -2.10. The van der Waals surface area contributed by atoms with Gasteiger partial charge in [0.25, 0.3) is 5.56 Å². The van der Waals surface area contributed by atoms with Crippen molar-refractivity contribution >= 4 is 24.7 Å². The zero-order valence-corrected chi connectivity index (χ0v) is 14.4. The predicted octanol–water partition coefficient (Wildman–Crippen LogP) is 1.07. The Labute approximate surface area is 138 Å². The van der Waals surface area contributed by atoms with Crippen molar-refractivity contribution in [3.63, 3.8) is 0 Å². The molecule has 4 N–H and O–H groups in total. The Balaban J connectivity index is 1.72. The van der Waals surface area contributed by atoms with Gasteiger partial charge >= 0.3 is 7.60 Å². The molecule has 10 nitrogen and oxygen atoms in total. The van der Waals surface area contributed by atoms with Gasteiger partial charge in [-0.15, -0.1) is 0 Å². The minimum absolute atomic E-state index is 0.0250. The fourth-order valence-electron chi connectivity index (χ4n) is 2.19. The first-order chi connectivity index (χ1) is 11.4. The molecule has 134 valence electrons. The van der Waals surface area contributed by atoms with Crippen molar-refractivity contribution in [2.24, 2.45) is 0 Å². The molecular formula is C13H22N5O5P. The van der Waals surface area contributed by atoms with Crippen LogP contribution in [0, 0.1) is 0 Å². The Morgan fingerprint density at radius 2 is 2.21 bits per heavy atom. The van der Waals surface area contributed by atoms with E-state index in [1.807, 2.05) is 0 Å². The predicted molar refractivity (Wildman–Crippen MR) is 88.7 cm³/mol. The van der Waals surface area contributed by atoms with E-state index < -0.39 is 7.60 Å². The van der Waals surface area contributed by atoms with Gasteiger partial charge in [-0.2, -0.15) is 4.98 Å². The van der Waals surface area contributed by atoms with Crippen LogP contribution in [0.3, 0.4) is 0 Å². The van der Waals surface area contributed by atoms with Crippen molar-refractivity contribution in [3.05, 3.63) is 16.7 Å². The maximum atomic E-state index is 11.6. The third kappa shape index (κ3) is 5.13. The third-order valence-electron chi connectivity index (χ3n) is 3.28. The standard InChI is InChI=1S/C13H22N5O5P/c1-2-23-24(20,21)7-5-3-4-6-22-9-18-8-15-10-11(18)16-13(14)17-12(10)19/h8H,2-7,9H2,1H3,(H,20,21)(H3,14,16,17,19). The van der Waals surface area contributed by atoms with E-state index in [-0.39, 0.29) is 36.5 Å². The molecular weight excluding hydrogens is 337 g/mol. The number of aromatic amines is 1. The zero-order valence-electron chi connectivity index (χ0n) is 13.5. The quantitative estimate of drug-likeness (QED) is 0.422. The minimum Gasteiger partial charge on any atom is -0.369 e. The van der Waals surface area contributed by atoms with Crippen LogP contribution in [0.4, 0.5) is 5.95 Å². The molecule has 0 aliphatic rings. The van der Waals surface area contributed by atoms with Crippen molar-refractivity contribution in [1.82, 2.24) is 19.5 Å². The molecule has 0 spiro atoms. The molecule has 0 bridgehead atoms. The topological polar surface area (TPSA) is 145 Å². The average Bonchev–Trinajstić information content (AvgIpc) is 2.89. The Kier molecular flexibility index (Phi) is 6.50. The summed E-state index contributed by atoms with van der Waals surface area (Å²) in [6, 6.07) is 0. The van der Waals surface area contributed by atoms with Crippen LogP contribution in [0.2, 0.25) is 0 Å². The van der Waals surface area contributed by atoms with Crippen molar-refractivity contribution in [2.45, 2.75) is 32.9 Å². The number of nitrogens with two attached hydrogens (primary N) is 1. The number of ether oxygens (including phenoxy) is 1. The maximum Gasteiger partial charge on any atom is 0.328 e. The van der Waals surface area contributed by atoms with E-state index in [1.165, 1.54) is 6.33 Å². The number of nitrogen functional groups attached to an aromatic ring is 1. The van der Waals surface area contributed by atoms with Gasteiger partial charge in [-0.05, 0) is 19.8 Å². The minimum atomic E-state index is -3.43. The number of H-pyrrole nitrogens is 1. The zero-order chi connectivity index (χ0) is 17.6. The van der Waals surface area contributed by atoms with Gasteiger partial charge in [-0.25, -0.2) is 4.98 Å². The number of hydrogen-bond acceptors (Lipinski definition) is 7. The van der Waals surface area contributed by atoms with Crippen molar-refractivity contribution in [3.8, 4) is 0 Å². The third-order valence-corrected chi connectivity index (χ3v) is 4.83. The second kappa shape index (κ2) is 8.39. The Bertz CT molecular complexity index is 774. The van der Waals surface area contributed by atoms with Crippen LogP contribution in [-0.2, 0) is 20.6 Å². The van der Waals surface area contributed by atoms with Crippen molar-refractivity contribution < 1.29 is 18.7 Å². The van der Waals surface area contributed by atoms with Gasteiger partial charge in [0.15, 0.2) is 11.2 Å². The van der Waals surface area contributed by atoms with E-state index in [0.717, 1.165) is 12.8 Å². The molecule has 1 atom stereocenters. The summed E-state index contributed by atoms with van der Waals surface area (Å²) in [5.41, 5.74) is 5.71. The largest absolute Gasteiger partial charge is 0.369 e. The molecule has 2 heterocycles. The first-order valence-corrected chi connectivity index (χ1v) is 9.44. The highest BCUT2D eigenvalue weighted by molar-refractivity contribution is 7.52. The van der Waals surface area contributed by atoms with Gasteiger partial charge in [0.2, 0.25) is 5.95 Å². The van der Waals surface area contributed by atoms with Gasteiger partial charge in [0, 0.05) is 12.8 Å². The number of nitrogens with one attached hydrogen (secondary N) is 1. The number of fused-ring (bicyclic) bond motifs is 1. The van der Waals surface area contributed by atoms with Crippen LogP contribution in [0.25, 0.3) is 11.2 Å². The number of nitrogens with zero attached hydrogens (tertiary/aromatic N) is 3. The summed E-state index contributed by atoms with van der Waals surface area (Å²) in [4.78, 5) is 31.5. The van der Waals surface area contributed by atoms with Gasteiger partial charge in [-0.1, -0.05) is 6.42 Å². The highest BCUT2D eigenvalue weighted by atomic mass is 31.2. The number of anilines is 1. The van der Waals surface area contributed by atoms with Crippen LogP contribution in [0.15, 0.2) is 11.1 Å². The number of imidazole rings is 1. The number of hydrogen-bond donors (Lipinski definition) is 3. The molecule has 24 heavy (non-hydrogen) atoms. The fourth-order valence-corrected chi connectivity index (χ4v) is 3.34. The molecule has 0 radical (unpaired) electrons. The Hall–Kier alpha value is -1.74. The molecule has 0 saturated carbocycles. The second-order valence-electron chi connectivity index (χ2n) is 5.21. The molecule has 0 aliphatic heterocycles. The molecule has 0 saturated heterocycles. The van der Waals surface area contributed by atoms with Crippen LogP contribution in [0.5, 0.6) is 0 Å². The van der Waals surface area contributed by atoms with E-state index in [1.54, 1.807) is 11.5 Å². The summed E-state index contributed by atoms with van der Waals surface area (Å²) in [5.74, 6) is 0.0250.